The molecule has 1 aromatic heterocycles. The van der Waals surface area contributed by atoms with Crippen molar-refractivity contribution in [1.29, 1.82) is 0 Å². The van der Waals surface area contributed by atoms with Crippen molar-refractivity contribution in [2.24, 2.45) is 0 Å². The lowest BCUT2D eigenvalue weighted by Gasteiger charge is -1.96. The highest BCUT2D eigenvalue weighted by atomic mass is 79.9. The molecule has 2 aromatic rings. The van der Waals surface area contributed by atoms with E-state index in [1.807, 2.05) is 18.2 Å². The molecule has 0 saturated carbocycles. The van der Waals surface area contributed by atoms with Crippen LogP contribution in [-0.4, -0.2) is 0 Å². The number of unbranched alkanes of at least 4 members (excludes halogenated alkanes) is 1. The summed E-state index contributed by atoms with van der Waals surface area (Å²) >= 11 is 3.55. The van der Waals surface area contributed by atoms with Gasteiger partial charge in [-0.1, -0.05) is 43.7 Å². The standard InChI is InChI=1S/C14H15BrO/c1-2-3-9-13-12(15)10-14(16-13)11-7-5-4-6-8-11/h4-8,10H,2-3,9H2,1H3. The zero-order chi connectivity index (χ0) is 11.4. The molecule has 0 N–H and O–H groups in total. The van der Waals surface area contributed by atoms with Gasteiger partial charge in [-0.15, -0.1) is 0 Å². The predicted octanol–water partition coefficient (Wildman–Crippen LogP) is 5.05. The Kier molecular flexibility index (Phi) is 3.83. The van der Waals surface area contributed by atoms with Crippen molar-refractivity contribution >= 4 is 15.9 Å². The molecule has 1 heterocycles. The van der Waals surface area contributed by atoms with Crippen LogP contribution in [0.25, 0.3) is 11.3 Å². The van der Waals surface area contributed by atoms with Gasteiger partial charge in [0.2, 0.25) is 0 Å². The van der Waals surface area contributed by atoms with Gasteiger partial charge in [-0.3, -0.25) is 0 Å². The third-order valence-corrected chi connectivity index (χ3v) is 3.24. The number of benzene rings is 1. The lowest BCUT2D eigenvalue weighted by atomic mass is 10.2. The number of furan rings is 1. The van der Waals surface area contributed by atoms with Crippen LogP contribution in [0.4, 0.5) is 0 Å². The molecule has 0 aliphatic carbocycles. The van der Waals surface area contributed by atoms with Gasteiger partial charge in [0.1, 0.15) is 11.5 Å². The fraction of sp³-hybridized carbons (Fsp3) is 0.286. The molecular weight excluding hydrogens is 264 g/mol. The van der Waals surface area contributed by atoms with Crippen LogP contribution in [0.1, 0.15) is 25.5 Å². The molecule has 0 spiro atoms. The van der Waals surface area contributed by atoms with E-state index in [0.29, 0.717) is 0 Å². The minimum absolute atomic E-state index is 0.943. The van der Waals surface area contributed by atoms with E-state index in [2.05, 4.69) is 41.1 Å². The van der Waals surface area contributed by atoms with E-state index in [4.69, 9.17) is 4.42 Å². The van der Waals surface area contributed by atoms with Crippen molar-refractivity contribution < 1.29 is 4.42 Å². The maximum absolute atomic E-state index is 5.86. The molecule has 0 atom stereocenters. The van der Waals surface area contributed by atoms with Crippen LogP contribution in [0, 0.1) is 0 Å². The molecule has 0 saturated heterocycles. The fourth-order valence-electron chi connectivity index (χ4n) is 1.66. The molecule has 0 aliphatic heterocycles. The molecule has 1 nitrogen and oxygen atoms in total. The van der Waals surface area contributed by atoms with Gasteiger partial charge in [-0.25, -0.2) is 0 Å². The smallest absolute Gasteiger partial charge is 0.135 e. The second-order valence-electron chi connectivity index (χ2n) is 3.85. The zero-order valence-corrected chi connectivity index (χ0v) is 11.0. The minimum Gasteiger partial charge on any atom is -0.460 e. The van der Waals surface area contributed by atoms with E-state index >= 15 is 0 Å². The average molecular weight is 279 g/mol. The topological polar surface area (TPSA) is 13.1 Å². The maximum atomic E-state index is 5.86. The summed E-state index contributed by atoms with van der Waals surface area (Å²) in [7, 11) is 0. The van der Waals surface area contributed by atoms with Crippen LogP contribution in [-0.2, 0) is 6.42 Å². The second-order valence-corrected chi connectivity index (χ2v) is 4.71. The Balaban J connectivity index is 2.24. The Bertz CT molecular complexity index is 445. The van der Waals surface area contributed by atoms with E-state index in [1.54, 1.807) is 0 Å². The first-order chi connectivity index (χ1) is 7.81. The fourth-order valence-corrected chi connectivity index (χ4v) is 2.15. The molecule has 1 aromatic carbocycles. The largest absolute Gasteiger partial charge is 0.460 e. The van der Waals surface area contributed by atoms with Gasteiger partial charge in [-0.2, -0.15) is 0 Å². The monoisotopic (exact) mass is 278 g/mol. The molecule has 0 bridgehead atoms. The highest BCUT2D eigenvalue weighted by Gasteiger charge is 2.09. The van der Waals surface area contributed by atoms with E-state index in [1.165, 1.54) is 12.8 Å². The number of halogens is 1. The highest BCUT2D eigenvalue weighted by molar-refractivity contribution is 9.10. The summed E-state index contributed by atoms with van der Waals surface area (Å²) in [6.07, 6.45) is 3.36. The zero-order valence-electron chi connectivity index (χ0n) is 9.37. The average Bonchev–Trinajstić information content (AvgIpc) is 2.69. The number of hydrogen-bond donors (Lipinski definition) is 0. The summed E-state index contributed by atoms with van der Waals surface area (Å²) in [6.45, 7) is 2.19. The van der Waals surface area contributed by atoms with Gasteiger partial charge < -0.3 is 4.42 Å². The van der Waals surface area contributed by atoms with Gasteiger partial charge in [0.25, 0.3) is 0 Å². The van der Waals surface area contributed by atoms with E-state index < -0.39 is 0 Å². The van der Waals surface area contributed by atoms with Crippen LogP contribution in [0.5, 0.6) is 0 Å². The molecule has 2 heteroatoms. The number of aryl methyl sites for hydroxylation is 1. The van der Waals surface area contributed by atoms with Crippen LogP contribution in [0.3, 0.4) is 0 Å². The van der Waals surface area contributed by atoms with Crippen molar-refractivity contribution in [1.82, 2.24) is 0 Å². The molecule has 0 radical (unpaired) electrons. The van der Waals surface area contributed by atoms with Crippen LogP contribution in [0.2, 0.25) is 0 Å². The van der Waals surface area contributed by atoms with E-state index in [9.17, 15) is 0 Å². The van der Waals surface area contributed by atoms with Gasteiger partial charge in [-0.05, 0) is 28.4 Å². The van der Waals surface area contributed by atoms with Crippen LogP contribution in [0.15, 0.2) is 45.3 Å². The summed E-state index contributed by atoms with van der Waals surface area (Å²) in [5.74, 6) is 2.00. The third-order valence-electron chi connectivity index (χ3n) is 2.57. The van der Waals surface area contributed by atoms with Crippen molar-refractivity contribution in [2.45, 2.75) is 26.2 Å². The number of hydrogen-bond acceptors (Lipinski definition) is 1. The van der Waals surface area contributed by atoms with Gasteiger partial charge in [0, 0.05) is 12.0 Å². The quantitative estimate of drug-likeness (QED) is 0.763. The maximum Gasteiger partial charge on any atom is 0.135 e. The number of rotatable bonds is 4. The Morgan fingerprint density at radius 1 is 1.19 bits per heavy atom. The molecule has 0 amide bonds. The first-order valence-corrected chi connectivity index (χ1v) is 6.44. The summed E-state index contributed by atoms with van der Waals surface area (Å²) < 4.78 is 6.94. The summed E-state index contributed by atoms with van der Waals surface area (Å²) in [5, 5.41) is 0. The highest BCUT2D eigenvalue weighted by Crippen LogP contribution is 2.29. The van der Waals surface area contributed by atoms with E-state index in [-0.39, 0.29) is 0 Å². The van der Waals surface area contributed by atoms with Crippen molar-refractivity contribution in [3.05, 3.63) is 46.6 Å². The SMILES string of the molecule is CCCCc1oc(-c2ccccc2)cc1Br. The lowest BCUT2D eigenvalue weighted by molar-refractivity contribution is 0.510. The molecule has 16 heavy (non-hydrogen) atoms. The molecular formula is C14H15BrO. The Labute approximate surface area is 105 Å². The van der Waals surface area contributed by atoms with Crippen LogP contribution >= 0.6 is 15.9 Å². The summed E-state index contributed by atoms with van der Waals surface area (Å²) in [5.41, 5.74) is 1.13. The molecule has 84 valence electrons. The molecule has 2 rings (SSSR count). The molecule has 0 fully saturated rings. The van der Waals surface area contributed by atoms with Gasteiger partial charge >= 0.3 is 0 Å². The third kappa shape index (κ3) is 2.56. The Morgan fingerprint density at radius 2 is 1.94 bits per heavy atom. The lowest BCUT2D eigenvalue weighted by Crippen LogP contribution is -1.80. The van der Waals surface area contributed by atoms with Crippen molar-refractivity contribution in [3.8, 4) is 11.3 Å². The first kappa shape index (κ1) is 11.5. The minimum atomic E-state index is 0.943. The predicted molar refractivity (Wildman–Crippen MR) is 70.5 cm³/mol. The molecule has 0 aliphatic rings. The first-order valence-electron chi connectivity index (χ1n) is 5.65. The Morgan fingerprint density at radius 3 is 2.62 bits per heavy atom. The normalized spacial score (nSPS) is 10.6. The summed E-state index contributed by atoms with van der Waals surface area (Å²) in [6, 6.07) is 12.2. The van der Waals surface area contributed by atoms with Crippen LogP contribution < -0.4 is 0 Å². The summed E-state index contributed by atoms with van der Waals surface area (Å²) in [4.78, 5) is 0. The van der Waals surface area contributed by atoms with E-state index in [0.717, 1.165) is 28.0 Å². The van der Waals surface area contributed by atoms with Crippen molar-refractivity contribution in [3.63, 3.8) is 0 Å². The second kappa shape index (κ2) is 5.35. The van der Waals surface area contributed by atoms with Gasteiger partial charge in [0.05, 0.1) is 4.47 Å². The molecule has 0 unspecified atom stereocenters. The Hall–Kier alpha value is -1.02. The van der Waals surface area contributed by atoms with Gasteiger partial charge in [0.15, 0.2) is 0 Å². The van der Waals surface area contributed by atoms with Crippen molar-refractivity contribution in [2.75, 3.05) is 0 Å².